The van der Waals surface area contributed by atoms with Gasteiger partial charge in [0.1, 0.15) is 0 Å². The molecule has 2 heterocycles. The lowest BCUT2D eigenvalue weighted by Crippen LogP contribution is -2.43. The SMILES string of the molecule is CCNC(=NCC1(SC)CCOCC1)N1CCC(C)(C)C1.I. The van der Waals surface area contributed by atoms with Crippen LogP contribution < -0.4 is 5.32 Å². The molecule has 0 spiro atoms. The number of nitrogens with zero attached hydrogens (tertiary/aromatic N) is 2. The van der Waals surface area contributed by atoms with Gasteiger partial charge in [-0.2, -0.15) is 11.8 Å². The summed E-state index contributed by atoms with van der Waals surface area (Å²) in [5.41, 5.74) is 0.409. The van der Waals surface area contributed by atoms with Gasteiger partial charge in [-0.25, -0.2) is 0 Å². The van der Waals surface area contributed by atoms with Crippen LogP contribution in [0.1, 0.15) is 40.0 Å². The first kappa shape index (κ1) is 20.4. The Kier molecular flexibility index (Phi) is 8.30. The minimum atomic E-state index is 0. The summed E-state index contributed by atoms with van der Waals surface area (Å²) in [4.78, 5) is 7.41. The first-order valence-corrected chi connectivity index (χ1v) is 9.39. The molecule has 2 aliphatic rings. The number of likely N-dealkylation sites (tertiary alicyclic amines) is 1. The van der Waals surface area contributed by atoms with Gasteiger partial charge in [-0.15, -0.1) is 24.0 Å². The molecule has 2 rings (SSSR count). The summed E-state index contributed by atoms with van der Waals surface area (Å²) in [6.07, 6.45) is 5.69. The largest absolute Gasteiger partial charge is 0.381 e. The zero-order chi connectivity index (χ0) is 15.3. The Morgan fingerprint density at radius 2 is 1.95 bits per heavy atom. The molecule has 130 valence electrons. The van der Waals surface area contributed by atoms with E-state index in [1.54, 1.807) is 0 Å². The molecule has 2 saturated heterocycles. The van der Waals surface area contributed by atoms with E-state index in [0.29, 0.717) is 5.41 Å². The van der Waals surface area contributed by atoms with Crippen molar-refractivity contribution in [1.29, 1.82) is 0 Å². The average molecular weight is 441 g/mol. The molecule has 0 saturated carbocycles. The smallest absolute Gasteiger partial charge is 0.193 e. The number of hydrogen-bond acceptors (Lipinski definition) is 3. The van der Waals surface area contributed by atoms with Crippen LogP contribution in [0, 0.1) is 5.41 Å². The molecule has 0 aliphatic carbocycles. The molecule has 2 fully saturated rings. The number of nitrogens with one attached hydrogen (secondary N) is 1. The highest BCUT2D eigenvalue weighted by Crippen LogP contribution is 2.34. The number of hydrogen-bond donors (Lipinski definition) is 1. The Hall–Kier alpha value is 0.310. The van der Waals surface area contributed by atoms with E-state index >= 15 is 0 Å². The van der Waals surface area contributed by atoms with Crippen LogP contribution in [0.15, 0.2) is 4.99 Å². The van der Waals surface area contributed by atoms with E-state index in [0.717, 1.165) is 58.2 Å². The molecule has 0 aromatic rings. The predicted molar refractivity (Wildman–Crippen MR) is 108 cm³/mol. The van der Waals surface area contributed by atoms with Crippen molar-refractivity contribution in [3.05, 3.63) is 0 Å². The van der Waals surface area contributed by atoms with Crippen LogP contribution in [0.3, 0.4) is 0 Å². The molecule has 2 aliphatic heterocycles. The molecule has 0 aromatic carbocycles. The number of aliphatic imine (C=N–C) groups is 1. The quantitative estimate of drug-likeness (QED) is 0.413. The lowest BCUT2D eigenvalue weighted by molar-refractivity contribution is 0.0793. The van der Waals surface area contributed by atoms with E-state index in [1.807, 2.05) is 11.8 Å². The average Bonchev–Trinajstić information content (AvgIpc) is 2.84. The Morgan fingerprint density at radius 3 is 2.45 bits per heavy atom. The maximum absolute atomic E-state index is 5.52. The standard InChI is InChI=1S/C16H31N3OS.HI/c1-5-17-14(19-9-6-15(2,3)13-19)18-12-16(21-4)7-10-20-11-8-16;/h5-13H2,1-4H3,(H,17,18);1H. The van der Waals surface area contributed by atoms with Crippen LogP contribution in [-0.2, 0) is 4.74 Å². The van der Waals surface area contributed by atoms with Crippen molar-refractivity contribution in [2.75, 3.05) is 45.6 Å². The topological polar surface area (TPSA) is 36.9 Å². The Balaban J connectivity index is 0.00000242. The maximum atomic E-state index is 5.52. The van der Waals surface area contributed by atoms with Gasteiger partial charge >= 0.3 is 0 Å². The van der Waals surface area contributed by atoms with Crippen LogP contribution >= 0.6 is 35.7 Å². The van der Waals surface area contributed by atoms with Crippen molar-refractivity contribution in [3.8, 4) is 0 Å². The van der Waals surface area contributed by atoms with Gasteiger partial charge in [-0.1, -0.05) is 13.8 Å². The number of rotatable bonds is 4. The number of halogens is 1. The van der Waals surface area contributed by atoms with Gasteiger partial charge in [0.05, 0.1) is 6.54 Å². The summed E-state index contributed by atoms with van der Waals surface area (Å²) in [5, 5.41) is 3.48. The normalized spacial score (nSPS) is 24.0. The van der Waals surface area contributed by atoms with Gasteiger partial charge < -0.3 is 15.0 Å². The first-order valence-electron chi connectivity index (χ1n) is 8.16. The lowest BCUT2D eigenvalue weighted by atomic mass is 9.93. The van der Waals surface area contributed by atoms with Crippen LogP contribution in [0.5, 0.6) is 0 Å². The van der Waals surface area contributed by atoms with Crippen LogP contribution in [0.25, 0.3) is 0 Å². The van der Waals surface area contributed by atoms with E-state index in [-0.39, 0.29) is 28.7 Å². The fourth-order valence-electron chi connectivity index (χ4n) is 3.11. The molecule has 4 nitrogen and oxygen atoms in total. The lowest BCUT2D eigenvalue weighted by Gasteiger charge is -2.35. The summed E-state index contributed by atoms with van der Waals surface area (Å²) in [5.74, 6) is 1.10. The molecule has 0 aromatic heterocycles. The van der Waals surface area contributed by atoms with Gasteiger partial charge in [-0.3, -0.25) is 4.99 Å². The van der Waals surface area contributed by atoms with Crippen LogP contribution in [-0.4, -0.2) is 61.3 Å². The summed E-state index contributed by atoms with van der Waals surface area (Å²) in [7, 11) is 0. The molecule has 6 heteroatoms. The molecular formula is C16H32IN3OS. The van der Waals surface area contributed by atoms with Gasteiger partial charge in [0.25, 0.3) is 0 Å². The minimum Gasteiger partial charge on any atom is -0.381 e. The van der Waals surface area contributed by atoms with E-state index in [4.69, 9.17) is 9.73 Å². The van der Waals surface area contributed by atoms with Gasteiger partial charge in [-0.05, 0) is 37.9 Å². The Bertz CT molecular complexity index is 370. The fourth-order valence-corrected chi connectivity index (χ4v) is 3.88. The summed E-state index contributed by atoms with van der Waals surface area (Å²) < 4.78 is 5.79. The second-order valence-electron chi connectivity index (χ2n) is 7.01. The van der Waals surface area contributed by atoms with Crippen LogP contribution in [0.2, 0.25) is 0 Å². The van der Waals surface area contributed by atoms with Gasteiger partial charge in [0.2, 0.25) is 0 Å². The number of guanidine groups is 1. The molecule has 0 amide bonds. The van der Waals surface area contributed by atoms with Gasteiger partial charge in [0.15, 0.2) is 5.96 Å². The Morgan fingerprint density at radius 1 is 1.27 bits per heavy atom. The number of thioether (sulfide) groups is 1. The molecule has 1 N–H and O–H groups in total. The Labute approximate surface area is 157 Å². The zero-order valence-electron chi connectivity index (χ0n) is 14.5. The molecule has 0 bridgehead atoms. The second-order valence-corrected chi connectivity index (χ2v) is 8.28. The first-order chi connectivity index (χ1) is 10.0. The molecule has 0 atom stereocenters. The summed E-state index contributed by atoms with van der Waals surface area (Å²) >= 11 is 1.96. The molecule has 22 heavy (non-hydrogen) atoms. The summed E-state index contributed by atoms with van der Waals surface area (Å²) in [6.45, 7) is 12.7. The highest BCUT2D eigenvalue weighted by Gasteiger charge is 2.34. The third kappa shape index (κ3) is 5.44. The highest BCUT2D eigenvalue weighted by molar-refractivity contribution is 14.0. The van der Waals surface area contributed by atoms with E-state index in [1.165, 1.54) is 6.42 Å². The zero-order valence-corrected chi connectivity index (χ0v) is 17.6. The minimum absolute atomic E-state index is 0. The van der Waals surface area contributed by atoms with Crippen molar-refractivity contribution < 1.29 is 4.74 Å². The van der Waals surface area contributed by atoms with Crippen LogP contribution in [0.4, 0.5) is 0 Å². The van der Waals surface area contributed by atoms with Crippen molar-refractivity contribution in [2.24, 2.45) is 10.4 Å². The monoisotopic (exact) mass is 441 g/mol. The third-order valence-corrected chi connectivity index (χ3v) is 6.07. The molecule has 0 radical (unpaired) electrons. The highest BCUT2D eigenvalue weighted by atomic mass is 127. The van der Waals surface area contributed by atoms with Crippen molar-refractivity contribution in [2.45, 2.75) is 44.8 Å². The van der Waals surface area contributed by atoms with E-state index < -0.39 is 0 Å². The third-order valence-electron chi connectivity index (χ3n) is 4.67. The number of ether oxygens (including phenoxy) is 1. The molecule has 0 unspecified atom stereocenters. The van der Waals surface area contributed by atoms with Crippen molar-refractivity contribution in [3.63, 3.8) is 0 Å². The second kappa shape index (κ2) is 8.97. The van der Waals surface area contributed by atoms with Gasteiger partial charge in [0, 0.05) is 37.6 Å². The van der Waals surface area contributed by atoms with E-state index in [9.17, 15) is 0 Å². The van der Waals surface area contributed by atoms with Crippen molar-refractivity contribution in [1.82, 2.24) is 10.2 Å². The fraction of sp³-hybridized carbons (Fsp3) is 0.938. The van der Waals surface area contributed by atoms with Crippen molar-refractivity contribution >= 4 is 41.7 Å². The predicted octanol–water partition coefficient (Wildman–Crippen LogP) is 3.21. The van der Waals surface area contributed by atoms with E-state index in [2.05, 4.69) is 37.2 Å². The molecular weight excluding hydrogens is 409 g/mol. The maximum Gasteiger partial charge on any atom is 0.193 e. The summed E-state index contributed by atoms with van der Waals surface area (Å²) in [6, 6.07) is 0.